The molecule has 1 aliphatic rings. The van der Waals surface area contributed by atoms with E-state index < -0.39 is 4.92 Å². The number of nitro groups is 1. The fraction of sp³-hybridized carbons (Fsp3) is 0.455. The van der Waals surface area contributed by atoms with Crippen LogP contribution in [0, 0.1) is 10.1 Å². The minimum Gasteiger partial charge on any atom is -0.506 e. The predicted molar refractivity (Wildman–Crippen MR) is 67.1 cm³/mol. The third kappa shape index (κ3) is 2.58. The molecule has 0 spiro atoms. The molecule has 0 radical (unpaired) electrons. The lowest BCUT2D eigenvalue weighted by Gasteiger charge is -2.24. The van der Waals surface area contributed by atoms with E-state index in [4.69, 9.17) is 0 Å². The largest absolute Gasteiger partial charge is 0.506 e. The number of nitrogens with one attached hydrogen (secondary N) is 1. The second-order valence-corrected chi connectivity index (χ2v) is 4.98. The summed E-state index contributed by atoms with van der Waals surface area (Å²) in [7, 11) is 0. The van der Waals surface area contributed by atoms with Crippen LogP contribution < -0.4 is 5.32 Å². The molecule has 17 heavy (non-hydrogen) atoms. The van der Waals surface area contributed by atoms with Crippen molar-refractivity contribution in [3.05, 3.63) is 32.3 Å². The van der Waals surface area contributed by atoms with Crippen molar-refractivity contribution < 1.29 is 10.0 Å². The average Bonchev–Trinajstić information content (AvgIpc) is 2.33. The van der Waals surface area contributed by atoms with E-state index in [2.05, 4.69) is 21.2 Å². The first-order valence-electron chi connectivity index (χ1n) is 5.50. The van der Waals surface area contributed by atoms with Crippen LogP contribution in [0.1, 0.15) is 30.9 Å². The molecule has 1 aromatic rings. The van der Waals surface area contributed by atoms with Gasteiger partial charge in [0.2, 0.25) is 0 Å². The van der Waals surface area contributed by atoms with Gasteiger partial charge in [-0.25, -0.2) is 0 Å². The van der Waals surface area contributed by atoms with Crippen LogP contribution in [-0.4, -0.2) is 16.6 Å². The first kappa shape index (κ1) is 12.3. The lowest BCUT2D eigenvalue weighted by atomic mass is 9.96. The number of nitro benzene ring substituents is 1. The highest BCUT2D eigenvalue weighted by Gasteiger charge is 2.22. The molecule has 0 aliphatic carbocycles. The first-order valence-corrected chi connectivity index (χ1v) is 6.29. The molecule has 1 heterocycles. The van der Waals surface area contributed by atoms with Crippen molar-refractivity contribution in [2.45, 2.75) is 25.3 Å². The zero-order valence-corrected chi connectivity index (χ0v) is 10.7. The molecule has 5 nitrogen and oxygen atoms in total. The molecule has 92 valence electrons. The lowest BCUT2D eigenvalue weighted by molar-refractivity contribution is -0.385. The SMILES string of the molecule is O=[N+]([O-])c1cc(Br)c(O)c([C@@H]2CCCCN2)c1. The van der Waals surface area contributed by atoms with E-state index in [9.17, 15) is 15.2 Å². The monoisotopic (exact) mass is 300 g/mol. The van der Waals surface area contributed by atoms with Crippen molar-refractivity contribution in [3.8, 4) is 5.75 Å². The molecule has 0 amide bonds. The molecule has 0 unspecified atom stereocenters. The standard InChI is InChI=1S/C11H13BrN2O3/c12-9-6-7(14(16)17)5-8(11(9)15)10-3-1-2-4-13-10/h5-6,10,13,15H,1-4H2/t10-/m0/s1. The van der Waals surface area contributed by atoms with Crippen molar-refractivity contribution in [2.75, 3.05) is 6.54 Å². The Hall–Kier alpha value is -1.14. The summed E-state index contributed by atoms with van der Waals surface area (Å²) in [5, 5.41) is 24.0. The van der Waals surface area contributed by atoms with Gasteiger partial charge in [-0.05, 0) is 35.3 Å². The minimum atomic E-state index is -0.448. The molecule has 1 saturated heterocycles. The van der Waals surface area contributed by atoms with Gasteiger partial charge in [0.25, 0.3) is 5.69 Å². The van der Waals surface area contributed by atoms with E-state index in [1.54, 1.807) is 0 Å². The minimum absolute atomic E-state index is 0.0000463. The maximum atomic E-state index is 10.8. The number of aromatic hydroxyl groups is 1. The number of phenolic OH excluding ortho intramolecular Hbond substituents is 1. The maximum Gasteiger partial charge on any atom is 0.271 e. The second-order valence-electron chi connectivity index (χ2n) is 4.13. The number of halogens is 1. The highest BCUT2D eigenvalue weighted by Crippen LogP contribution is 2.38. The number of hydrogen-bond acceptors (Lipinski definition) is 4. The highest BCUT2D eigenvalue weighted by molar-refractivity contribution is 9.10. The summed E-state index contributed by atoms with van der Waals surface area (Å²) in [6.07, 6.45) is 3.06. The number of hydrogen-bond donors (Lipinski definition) is 2. The number of rotatable bonds is 2. The third-order valence-corrected chi connectivity index (χ3v) is 3.58. The summed E-state index contributed by atoms with van der Waals surface area (Å²) < 4.78 is 0.370. The van der Waals surface area contributed by atoms with Gasteiger partial charge in [-0.15, -0.1) is 0 Å². The van der Waals surface area contributed by atoms with Crippen molar-refractivity contribution in [2.24, 2.45) is 0 Å². The van der Waals surface area contributed by atoms with Gasteiger partial charge >= 0.3 is 0 Å². The molecule has 2 rings (SSSR count). The highest BCUT2D eigenvalue weighted by atomic mass is 79.9. The maximum absolute atomic E-state index is 10.8. The molecule has 0 saturated carbocycles. The second kappa shape index (κ2) is 5.01. The number of phenols is 1. The molecule has 1 fully saturated rings. The van der Waals surface area contributed by atoms with E-state index >= 15 is 0 Å². The molecule has 1 aromatic carbocycles. The summed E-state index contributed by atoms with van der Waals surface area (Å²) in [5.74, 6) is 0.0926. The molecule has 1 atom stereocenters. The van der Waals surface area contributed by atoms with E-state index in [1.807, 2.05) is 0 Å². The topological polar surface area (TPSA) is 75.4 Å². The Kier molecular flexibility index (Phi) is 3.63. The zero-order valence-electron chi connectivity index (χ0n) is 9.15. The van der Waals surface area contributed by atoms with Crippen LogP contribution in [0.4, 0.5) is 5.69 Å². The fourth-order valence-corrected chi connectivity index (χ4v) is 2.56. The van der Waals surface area contributed by atoms with E-state index in [0.29, 0.717) is 10.0 Å². The van der Waals surface area contributed by atoms with Crippen molar-refractivity contribution in [1.82, 2.24) is 5.32 Å². The van der Waals surface area contributed by atoms with E-state index in [1.165, 1.54) is 12.1 Å². The fourth-order valence-electron chi connectivity index (χ4n) is 2.09. The molecular weight excluding hydrogens is 288 g/mol. The Balaban J connectivity index is 2.40. The van der Waals surface area contributed by atoms with Crippen LogP contribution >= 0.6 is 15.9 Å². The summed E-state index contributed by atoms with van der Waals surface area (Å²) in [4.78, 5) is 10.3. The zero-order chi connectivity index (χ0) is 12.4. The van der Waals surface area contributed by atoms with Crippen LogP contribution in [-0.2, 0) is 0 Å². The van der Waals surface area contributed by atoms with E-state index in [-0.39, 0.29) is 17.5 Å². The average molecular weight is 301 g/mol. The van der Waals surface area contributed by atoms with Gasteiger partial charge in [0.05, 0.1) is 9.40 Å². The summed E-state index contributed by atoms with van der Waals surface area (Å²) in [6, 6.07) is 2.77. The Labute approximate surface area is 107 Å². The smallest absolute Gasteiger partial charge is 0.271 e. The van der Waals surface area contributed by atoms with Gasteiger partial charge < -0.3 is 10.4 Å². The first-order chi connectivity index (χ1) is 8.09. The van der Waals surface area contributed by atoms with Crippen LogP contribution in [0.15, 0.2) is 16.6 Å². The summed E-state index contributed by atoms with van der Waals surface area (Å²) in [6.45, 7) is 0.879. The molecule has 1 aliphatic heterocycles. The number of nitrogens with zero attached hydrogens (tertiary/aromatic N) is 1. The number of piperidine rings is 1. The molecule has 2 N–H and O–H groups in total. The van der Waals surface area contributed by atoms with Crippen LogP contribution in [0.2, 0.25) is 0 Å². The third-order valence-electron chi connectivity index (χ3n) is 2.97. The molecule has 0 aromatic heterocycles. The molecular formula is C11H13BrN2O3. The van der Waals surface area contributed by atoms with Crippen LogP contribution in [0.25, 0.3) is 0 Å². The Morgan fingerprint density at radius 3 is 2.82 bits per heavy atom. The van der Waals surface area contributed by atoms with Crippen molar-refractivity contribution in [3.63, 3.8) is 0 Å². The van der Waals surface area contributed by atoms with Crippen molar-refractivity contribution >= 4 is 21.6 Å². The van der Waals surface area contributed by atoms with Crippen LogP contribution in [0.5, 0.6) is 5.75 Å². The quantitative estimate of drug-likeness (QED) is 0.650. The van der Waals surface area contributed by atoms with Gasteiger partial charge in [-0.3, -0.25) is 10.1 Å². The van der Waals surface area contributed by atoms with Gasteiger partial charge in [0, 0.05) is 23.7 Å². The number of benzene rings is 1. The van der Waals surface area contributed by atoms with Gasteiger partial charge in [0.1, 0.15) is 5.75 Å². The molecule has 6 heteroatoms. The van der Waals surface area contributed by atoms with Gasteiger partial charge in [0.15, 0.2) is 0 Å². The van der Waals surface area contributed by atoms with Crippen molar-refractivity contribution in [1.29, 1.82) is 0 Å². The normalized spacial score (nSPS) is 20.2. The Morgan fingerprint density at radius 2 is 2.24 bits per heavy atom. The van der Waals surface area contributed by atoms with Gasteiger partial charge in [-0.2, -0.15) is 0 Å². The Bertz CT molecular complexity index is 445. The Morgan fingerprint density at radius 1 is 1.47 bits per heavy atom. The summed E-state index contributed by atoms with van der Waals surface area (Å²) in [5.41, 5.74) is 0.600. The molecule has 0 bridgehead atoms. The number of non-ortho nitro benzene ring substituents is 1. The predicted octanol–water partition coefficient (Wildman–Crippen LogP) is 2.88. The lowest BCUT2D eigenvalue weighted by Crippen LogP contribution is -2.26. The van der Waals surface area contributed by atoms with Crippen LogP contribution in [0.3, 0.4) is 0 Å². The van der Waals surface area contributed by atoms with Gasteiger partial charge in [-0.1, -0.05) is 6.42 Å². The van der Waals surface area contributed by atoms with E-state index in [0.717, 1.165) is 25.8 Å². The summed E-state index contributed by atoms with van der Waals surface area (Å²) >= 11 is 3.15.